The molecule has 0 aliphatic carbocycles. The second-order valence-corrected chi connectivity index (χ2v) is 4.04. The van der Waals surface area contributed by atoms with Gasteiger partial charge >= 0.3 is 0 Å². The van der Waals surface area contributed by atoms with Crippen molar-refractivity contribution in [3.8, 4) is 0 Å². The Hall–Kier alpha value is -0.230. The molecule has 0 aromatic carbocycles. The SMILES string of the molecule is C=CCC(Cl)(CC=C)CCCC. The Labute approximate surface area is 81.3 Å². The molecule has 0 saturated heterocycles. The van der Waals surface area contributed by atoms with Gasteiger partial charge in [-0.05, 0) is 19.3 Å². The molecule has 0 N–H and O–H groups in total. The summed E-state index contributed by atoms with van der Waals surface area (Å²) in [5, 5.41) is 0. The molecule has 0 aromatic heterocycles. The number of hydrogen-bond donors (Lipinski definition) is 0. The molecule has 0 saturated carbocycles. The van der Waals surface area contributed by atoms with E-state index in [1.54, 1.807) is 0 Å². The molecule has 0 amide bonds. The smallest absolute Gasteiger partial charge is 0.0515 e. The Morgan fingerprint density at radius 2 is 1.75 bits per heavy atom. The standard InChI is InChI=1S/C11H19Cl/c1-4-7-10-11(12,8-5-2)9-6-3/h5-6H,2-4,7-10H2,1H3. The van der Waals surface area contributed by atoms with Gasteiger partial charge in [0, 0.05) is 0 Å². The van der Waals surface area contributed by atoms with Crippen LogP contribution in [0.5, 0.6) is 0 Å². The van der Waals surface area contributed by atoms with E-state index < -0.39 is 0 Å². The van der Waals surface area contributed by atoms with Gasteiger partial charge in [0.15, 0.2) is 0 Å². The zero-order valence-electron chi connectivity index (χ0n) is 7.98. The first-order valence-corrected chi connectivity index (χ1v) is 4.97. The molecule has 0 spiro atoms. The van der Waals surface area contributed by atoms with E-state index in [4.69, 9.17) is 11.6 Å². The second kappa shape index (κ2) is 6.30. The van der Waals surface area contributed by atoms with Gasteiger partial charge in [0.2, 0.25) is 0 Å². The third kappa shape index (κ3) is 4.61. The molecule has 0 atom stereocenters. The maximum Gasteiger partial charge on any atom is 0.0515 e. The number of alkyl halides is 1. The van der Waals surface area contributed by atoms with Crippen LogP contribution in [0.4, 0.5) is 0 Å². The van der Waals surface area contributed by atoms with Crippen molar-refractivity contribution in [2.24, 2.45) is 0 Å². The average Bonchev–Trinajstić information content (AvgIpc) is 2.02. The molecule has 0 aliphatic rings. The van der Waals surface area contributed by atoms with E-state index in [2.05, 4.69) is 20.1 Å². The van der Waals surface area contributed by atoms with Crippen molar-refractivity contribution in [1.29, 1.82) is 0 Å². The summed E-state index contributed by atoms with van der Waals surface area (Å²) in [4.78, 5) is -0.112. The lowest BCUT2D eigenvalue weighted by Gasteiger charge is -2.23. The van der Waals surface area contributed by atoms with E-state index in [1.165, 1.54) is 12.8 Å². The summed E-state index contributed by atoms with van der Waals surface area (Å²) in [6.45, 7) is 9.61. The minimum Gasteiger partial charge on any atom is -0.119 e. The van der Waals surface area contributed by atoms with Gasteiger partial charge in [-0.2, -0.15) is 0 Å². The predicted molar refractivity (Wildman–Crippen MR) is 57.7 cm³/mol. The van der Waals surface area contributed by atoms with Crippen molar-refractivity contribution in [1.82, 2.24) is 0 Å². The van der Waals surface area contributed by atoms with E-state index in [1.807, 2.05) is 12.2 Å². The molecule has 12 heavy (non-hydrogen) atoms. The third-order valence-electron chi connectivity index (χ3n) is 2.00. The molecule has 0 unspecified atom stereocenters. The van der Waals surface area contributed by atoms with E-state index in [0.29, 0.717) is 0 Å². The zero-order chi connectivity index (χ0) is 9.45. The van der Waals surface area contributed by atoms with Gasteiger partial charge in [-0.3, -0.25) is 0 Å². The number of halogens is 1. The van der Waals surface area contributed by atoms with Gasteiger partial charge in [0.05, 0.1) is 4.87 Å². The van der Waals surface area contributed by atoms with Crippen LogP contribution in [0.3, 0.4) is 0 Å². The maximum atomic E-state index is 6.38. The second-order valence-electron chi connectivity index (χ2n) is 3.24. The molecule has 1 heteroatoms. The van der Waals surface area contributed by atoms with E-state index in [0.717, 1.165) is 19.3 Å². The van der Waals surface area contributed by atoms with Gasteiger partial charge in [0.25, 0.3) is 0 Å². The summed E-state index contributed by atoms with van der Waals surface area (Å²) in [7, 11) is 0. The highest BCUT2D eigenvalue weighted by Gasteiger charge is 2.22. The molecule has 0 fully saturated rings. The summed E-state index contributed by atoms with van der Waals surface area (Å²) in [6, 6.07) is 0. The van der Waals surface area contributed by atoms with Crippen LogP contribution >= 0.6 is 11.6 Å². The molecular weight excluding hydrogens is 168 g/mol. The Morgan fingerprint density at radius 1 is 1.25 bits per heavy atom. The highest BCUT2D eigenvalue weighted by Crippen LogP contribution is 2.31. The van der Waals surface area contributed by atoms with Crippen molar-refractivity contribution in [3.63, 3.8) is 0 Å². The van der Waals surface area contributed by atoms with Crippen LogP contribution in [0.2, 0.25) is 0 Å². The lowest BCUT2D eigenvalue weighted by Crippen LogP contribution is -2.19. The highest BCUT2D eigenvalue weighted by molar-refractivity contribution is 6.24. The minimum atomic E-state index is -0.112. The summed E-state index contributed by atoms with van der Waals surface area (Å²) in [5.74, 6) is 0. The first-order chi connectivity index (χ1) is 5.68. The predicted octanol–water partition coefficient (Wildman–Crippen LogP) is 4.31. The zero-order valence-corrected chi connectivity index (χ0v) is 8.74. The largest absolute Gasteiger partial charge is 0.119 e. The minimum absolute atomic E-state index is 0.112. The van der Waals surface area contributed by atoms with Crippen molar-refractivity contribution >= 4 is 11.6 Å². The lowest BCUT2D eigenvalue weighted by atomic mass is 9.94. The molecule has 0 aliphatic heterocycles. The fourth-order valence-corrected chi connectivity index (χ4v) is 1.65. The van der Waals surface area contributed by atoms with Crippen molar-refractivity contribution in [2.45, 2.75) is 43.9 Å². The fourth-order valence-electron chi connectivity index (χ4n) is 1.30. The summed E-state index contributed by atoms with van der Waals surface area (Å²) in [5.41, 5.74) is 0. The topological polar surface area (TPSA) is 0 Å². The monoisotopic (exact) mass is 186 g/mol. The van der Waals surface area contributed by atoms with Crippen LogP contribution in [0, 0.1) is 0 Å². The molecular formula is C11H19Cl. The Morgan fingerprint density at radius 3 is 2.08 bits per heavy atom. The third-order valence-corrected chi connectivity index (χ3v) is 2.50. The lowest BCUT2D eigenvalue weighted by molar-refractivity contribution is 0.513. The van der Waals surface area contributed by atoms with Crippen molar-refractivity contribution in [2.75, 3.05) is 0 Å². The van der Waals surface area contributed by atoms with Gasteiger partial charge in [-0.1, -0.05) is 31.9 Å². The Kier molecular flexibility index (Phi) is 6.18. The van der Waals surface area contributed by atoms with E-state index in [-0.39, 0.29) is 4.87 Å². The van der Waals surface area contributed by atoms with Crippen molar-refractivity contribution in [3.05, 3.63) is 25.3 Å². The fraction of sp³-hybridized carbons (Fsp3) is 0.636. The van der Waals surface area contributed by atoms with E-state index >= 15 is 0 Å². The summed E-state index contributed by atoms with van der Waals surface area (Å²) >= 11 is 6.38. The summed E-state index contributed by atoms with van der Waals surface area (Å²) < 4.78 is 0. The number of hydrogen-bond acceptors (Lipinski definition) is 0. The van der Waals surface area contributed by atoms with Crippen LogP contribution in [0.25, 0.3) is 0 Å². The van der Waals surface area contributed by atoms with Gasteiger partial charge in [-0.15, -0.1) is 24.8 Å². The molecule has 0 aromatic rings. The van der Waals surface area contributed by atoms with E-state index in [9.17, 15) is 0 Å². The number of unbranched alkanes of at least 4 members (excludes halogenated alkanes) is 1. The van der Waals surface area contributed by atoms with Gasteiger partial charge in [0.1, 0.15) is 0 Å². The van der Waals surface area contributed by atoms with Crippen LogP contribution in [0.1, 0.15) is 39.0 Å². The molecule has 70 valence electrons. The van der Waals surface area contributed by atoms with Crippen LogP contribution in [-0.4, -0.2) is 4.87 Å². The quantitative estimate of drug-likeness (QED) is 0.411. The molecule has 0 nitrogen and oxygen atoms in total. The normalized spacial score (nSPS) is 11.2. The van der Waals surface area contributed by atoms with Crippen molar-refractivity contribution < 1.29 is 0 Å². The summed E-state index contributed by atoms with van der Waals surface area (Å²) in [6.07, 6.45) is 8.98. The average molecular weight is 187 g/mol. The molecule has 0 rings (SSSR count). The Bertz CT molecular complexity index is 128. The first-order valence-electron chi connectivity index (χ1n) is 4.59. The molecule has 0 bridgehead atoms. The number of allylic oxidation sites excluding steroid dienone is 2. The Balaban J connectivity index is 3.96. The van der Waals surface area contributed by atoms with Gasteiger partial charge < -0.3 is 0 Å². The number of rotatable bonds is 7. The van der Waals surface area contributed by atoms with Gasteiger partial charge in [-0.25, -0.2) is 0 Å². The first kappa shape index (κ1) is 11.8. The molecule has 0 radical (unpaired) electrons. The molecule has 0 heterocycles. The van der Waals surface area contributed by atoms with Crippen LogP contribution in [-0.2, 0) is 0 Å². The maximum absolute atomic E-state index is 6.38. The van der Waals surface area contributed by atoms with Crippen LogP contribution < -0.4 is 0 Å². The highest BCUT2D eigenvalue weighted by atomic mass is 35.5. The van der Waals surface area contributed by atoms with Crippen LogP contribution in [0.15, 0.2) is 25.3 Å².